The van der Waals surface area contributed by atoms with Gasteiger partial charge in [0.25, 0.3) is 11.5 Å². The summed E-state index contributed by atoms with van der Waals surface area (Å²) in [5.74, 6) is 0.653. The van der Waals surface area contributed by atoms with Crippen molar-refractivity contribution in [2.45, 2.75) is 13.3 Å². The summed E-state index contributed by atoms with van der Waals surface area (Å²) in [7, 11) is 4.46. The number of carbonyl (C=O) groups is 1. The lowest BCUT2D eigenvalue weighted by Crippen LogP contribution is -2.38. The number of nitrogens with zero attached hydrogens (tertiary/aromatic N) is 3. The van der Waals surface area contributed by atoms with Gasteiger partial charge in [0.2, 0.25) is 0 Å². The van der Waals surface area contributed by atoms with Gasteiger partial charge in [-0.1, -0.05) is 13.0 Å². The molecule has 3 rings (SSSR count). The van der Waals surface area contributed by atoms with Gasteiger partial charge in [0.05, 0.1) is 12.8 Å². The van der Waals surface area contributed by atoms with Gasteiger partial charge in [-0.15, -0.1) is 0 Å². The van der Waals surface area contributed by atoms with Crippen molar-refractivity contribution in [1.29, 1.82) is 0 Å². The highest BCUT2D eigenvalue weighted by Gasteiger charge is 2.18. The standard InChI is InChI=1S/C20H22N4O5/c1-5-12-10-21-18-16(19(26)24(3)20(27)23(18)2)17(12)22-15(25)11-29-14-8-6-7-13(9-14)28-4/h6-10H,5,11H2,1-4H3,(H,21,22,25). The van der Waals surface area contributed by atoms with Crippen molar-refractivity contribution in [3.63, 3.8) is 0 Å². The number of benzene rings is 1. The smallest absolute Gasteiger partial charge is 0.332 e. The van der Waals surface area contributed by atoms with E-state index in [1.165, 1.54) is 18.7 Å². The van der Waals surface area contributed by atoms with Crippen LogP contribution in [0, 0.1) is 0 Å². The van der Waals surface area contributed by atoms with Crippen LogP contribution in [0.5, 0.6) is 11.5 Å². The number of hydrogen-bond acceptors (Lipinski definition) is 6. The zero-order valence-corrected chi connectivity index (χ0v) is 16.7. The first-order valence-electron chi connectivity index (χ1n) is 9.01. The van der Waals surface area contributed by atoms with Crippen LogP contribution in [0.1, 0.15) is 12.5 Å². The number of aryl methyl sites for hydroxylation is 2. The maximum atomic E-state index is 12.7. The number of fused-ring (bicyclic) bond motifs is 1. The van der Waals surface area contributed by atoms with Crippen molar-refractivity contribution >= 4 is 22.6 Å². The molecule has 1 aromatic carbocycles. The molecule has 0 unspecified atom stereocenters. The molecule has 0 spiro atoms. The maximum Gasteiger partial charge on any atom is 0.332 e. The third kappa shape index (κ3) is 3.84. The second-order valence-electron chi connectivity index (χ2n) is 6.43. The summed E-state index contributed by atoms with van der Waals surface area (Å²) in [5, 5.41) is 2.94. The molecule has 0 radical (unpaired) electrons. The SMILES string of the molecule is CCc1cnc2c(c1NC(=O)COc1cccc(OC)c1)c(=O)n(C)c(=O)n2C. The highest BCUT2D eigenvalue weighted by molar-refractivity contribution is 6.01. The van der Waals surface area contributed by atoms with E-state index in [4.69, 9.17) is 9.47 Å². The van der Waals surface area contributed by atoms with Crippen molar-refractivity contribution in [2.75, 3.05) is 19.0 Å². The molecule has 29 heavy (non-hydrogen) atoms. The zero-order chi connectivity index (χ0) is 21.1. The average Bonchev–Trinajstić information content (AvgIpc) is 2.74. The van der Waals surface area contributed by atoms with Gasteiger partial charge in [-0.05, 0) is 24.1 Å². The number of ether oxygens (including phenoxy) is 2. The number of methoxy groups -OCH3 is 1. The zero-order valence-electron chi connectivity index (χ0n) is 16.7. The summed E-state index contributed by atoms with van der Waals surface area (Å²) >= 11 is 0. The van der Waals surface area contributed by atoms with Gasteiger partial charge in [0.15, 0.2) is 12.3 Å². The molecular weight excluding hydrogens is 376 g/mol. The fourth-order valence-corrected chi connectivity index (χ4v) is 2.99. The van der Waals surface area contributed by atoms with E-state index in [2.05, 4.69) is 10.3 Å². The second kappa shape index (κ2) is 8.17. The molecule has 9 heteroatoms. The van der Waals surface area contributed by atoms with Crippen LogP contribution in [0.25, 0.3) is 11.0 Å². The molecule has 2 heterocycles. The van der Waals surface area contributed by atoms with Crippen LogP contribution in [0.15, 0.2) is 40.1 Å². The van der Waals surface area contributed by atoms with Gasteiger partial charge in [-0.3, -0.25) is 18.7 Å². The van der Waals surface area contributed by atoms with Crippen LogP contribution in [0.2, 0.25) is 0 Å². The Balaban J connectivity index is 1.95. The van der Waals surface area contributed by atoms with Crippen molar-refractivity contribution in [3.05, 3.63) is 56.9 Å². The number of nitrogens with one attached hydrogen (secondary N) is 1. The van der Waals surface area contributed by atoms with E-state index in [9.17, 15) is 14.4 Å². The van der Waals surface area contributed by atoms with Crippen LogP contribution in [0.4, 0.5) is 5.69 Å². The first-order chi connectivity index (χ1) is 13.9. The molecule has 0 fully saturated rings. The highest BCUT2D eigenvalue weighted by Crippen LogP contribution is 2.23. The molecule has 0 aliphatic heterocycles. The van der Waals surface area contributed by atoms with E-state index < -0.39 is 17.2 Å². The van der Waals surface area contributed by atoms with E-state index in [0.717, 1.165) is 4.57 Å². The van der Waals surface area contributed by atoms with Gasteiger partial charge in [-0.2, -0.15) is 0 Å². The molecule has 0 bridgehead atoms. The number of amides is 1. The Morgan fingerprint density at radius 2 is 1.90 bits per heavy atom. The quantitative estimate of drug-likeness (QED) is 0.670. The summed E-state index contributed by atoms with van der Waals surface area (Å²) in [6.45, 7) is 1.63. The first kappa shape index (κ1) is 20.1. The van der Waals surface area contributed by atoms with Crippen LogP contribution in [0.3, 0.4) is 0 Å². The molecule has 0 atom stereocenters. The van der Waals surface area contributed by atoms with Gasteiger partial charge in [0, 0.05) is 26.4 Å². The Bertz CT molecular complexity index is 1200. The molecule has 0 aliphatic rings. The lowest BCUT2D eigenvalue weighted by atomic mass is 10.1. The van der Waals surface area contributed by atoms with E-state index in [0.29, 0.717) is 29.2 Å². The Kier molecular flexibility index (Phi) is 5.67. The molecule has 1 amide bonds. The van der Waals surface area contributed by atoms with Gasteiger partial charge in [0.1, 0.15) is 16.9 Å². The largest absolute Gasteiger partial charge is 0.497 e. The summed E-state index contributed by atoms with van der Waals surface area (Å²) in [6, 6.07) is 6.89. The summed E-state index contributed by atoms with van der Waals surface area (Å²) in [6.07, 6.45) is 2.10. The molecule has 0 saturated carbocycles. The molecule has 152 valence electrons. The van der Waals surface area contributed by atoms with Crippen molar-refractivity contribution < 1.29 is 14.3 Å². The first-order valence-corrected chi connectivity index (χ1v) is 9.01. The van der Waals surface area contributed by atoms with Crippen LogP contribution < -0.4 is 26.0 Å². The normalized spacial score (nSPS) is 10.8. The van der Waals surface area contributed by atoms with Crippen molar-refractivity contribution in [1.82, 2.24) is 14.1 Å². The minimum atomic E-state index is -0.519. The Morgan fingerprint density at radius 1 is 1.17 bits per heavy atom. The van der Waals surface area contributed by atoms with E-state index in [1.54, 1.807) is 37.6 Å². The summed E-state index contributed by atoms with van der Waals surface area (Å²) in [4.78, 5) is 41.7. The van der Waals surface area contributed by atoms with E-state index >= 15 is 0 Å². The molecule has 0 saturated heterocycles. The van der Waals surface area contributed by atoms with Gasteiger partial charge in [-0.25, -0.2) is 9.78 Å². The van der Waals surface area contributed by atoms with Gasteiger partial charge >= 0.3 is 5.69 Å². The molecule has 1 N–H and O–H groups in total. The van der Waals surface area contributed by atoms with Crippen LogP contribution in [-0.2, 0) is 25.3 Å². The second-order valence-corrected chi connectivity index (χ2v) is 6.43. The summed E-state index contributed by atoms with van der Waals surface area (Å²) in [5.41, 5.74) is 0.225. The predicted molar refractivity (Wildman–Crippen MR) is 109 cm³/mol. The number of carbonyl (C=O) groups excluding carboxylic acids is 1. The fraction of sp³-hybridized carbons (Fsp3) is 0.300. The number of hydrogen-bond donors (Lipinski definition) is 1. The Morgan fingerprint density at radius 3 is 2.59 bits per heavy atom. The number of anilines is 1. The van der Waals surface area contributed by atoms with Crippen molar-refractivity contribution in [3.8, 4) is 11.5 Å². The van der Waals surface area contributed by atoms with Gasteiger partial charge < -0.3 is 14.8 Å². The van der Waals surface area contributed by atoms with Crippen LogP contribution >= 0.6 is 0 Å². The molecular formula is C20H22N4O5. The predicted octanol–water partition coefficient (Wildman–Crippen LogP) is 1.22. The third-order valence-corrected chi connectivity index (χ3v) is 4.60. The van der Waals surface area contributed by atoms with E-state index in [1.807, 2.05) is 6.92 Å². The molecule has 9 nitrogen and oxygen atoms in total. The fourth-order valence-electron chi connectivity index (χ4n) is 2.99. The number of pyridine rings is 1. The highest BCUT2D eigenvalue weighted by atomic mass is 16.5. The Labute approximate surface area is 166 Å². The molecule has 3 aromatic rings. The Hall–Kier alpha value is -3.62. The number of aromatic nitrogens is 3. The molecule has 2 aromatic heterocycles. The molecule has 0 aliphatic carbocycles. The van der Waals surface area contributed by atoms with E-state index in [-0.39, 0.29) is 17.6 Å². The minimum Gasteiger partial charge on any atom is -0.497 e. The maximum absolute atomic E-state index is 12.7. The third-order valence-electron chi connectivity index (χ3n) is 4.60. The lowest BCUT2D eigenvalue weighted by molar-refractivity contribution is -0.118. The number of rotatable bonds is 6. The van der Waals surface area contributed by atoms with Crippen molar-refractivity contribution in [2.24, 2.45) is 14.1 Å². The van der Waals surface area contributed by atoms with Crippen LogP contribution in [-0.4, -0.2) is 33.7 Å². The summed E-state index contributed by atoms with van der Waals surface area (Å²) < 4.78 is 12.9. The lowest BCUT2D eigenvalue weighted by Gasteiger charge is -2.15. The minimum absolute atomic E-state index is 0.184. The monoisotopic (exact) mass is 398 g/mol. The topological polar surface area (TPSA) is 104 Å². The average molecular weight is 398 g/mol.